The summed E-state index contributed by atoms with van der Waals surface area (Å²) in [5.74, 6) is -8.63. The van der Waals surface area contributed by atoms with E-state index in [0.717, 1.165) is 14.7 Å². The van der Waals surface area contributed by atoms with Crippen molar-refractivity contribution in [2.75, 3.05) is 62.4 Å². The first kappa shape index (κ1) is 72.9. The lowest BCUT2D eigenvalue weighted by molar-refractivity contribution is -0.157. The van der Waals surface area contributed by atoms with E-state index in [1.807, 2.05) is 41.5 Å². The summed E-state index contributed by atoms with van der Waals surface area (Å²) in [6.45, 7) is 25.2. The molecule has 0 rings (SSSR count). The van der Waals surface area contributed by atoms with Crippen molar-refractivity contribution in [3.05, 3.63) is 12.2 Å². The van der Waals surface area contributed by atoms with Crippen LogP contribution in [0.2, 0.25) is 0 Å². The molecule has 0 radical (unpaired) electrons. The Morgan fingerprint density at radius 1 is 0.506 bits per heavy atom. The molecule has 0 fully saturated rings. The number of nitrogens with two attached hydrogens (primary N) is 1. The van der Waals surface area contributed by atoms with Crippen molar-refractivity contribution in [1.82, 2.24) is 50.2 Å². The SMILES string of the molecule is C/C=C/C[C@H](C)[C@H](O)C(C(=O)N[C@H](CC)C(=O)N(C)CC(=O)N(C)CC(N)=O)N(C)C(=O)[C@@H](C(C)C)N(C)C(=O)[C@@H](CC(C)C)N(C)C(=O)[C@@H](CC(C)C)N(C)C(=O)[C@H](C)NC(=O)[C@@H](C)NC(=O)[C@H](C)N(C)C(=O)[C@H](C)C(C)C. The van der Waals surface area contributed by atoms with Crippen LogP contribution in [0.25, 0.3) is 0 Å². The average molecular weight is 1120 g/mol. The predicted molar refractivity (Wildman–Crippen MR) is 303 cm³/mol. The summed E-state index contributed by atoms with van der Waals surface area (Å²) in [6, 6.07) is -9.50. The van der Waals surface area contributed by atoms with E-state index in [1.165, 1.54) is 82.8 Å². The number of aliphatic hydroxyl groups excluding tert-OH is 1. The van der Waals surface area contributed by atoms with Gasteiger partial charge in [0.15, 0.2) is 0 Å². The number of carbonyl (C=O) groups is 11. The summed E-state index contributed by atoms with van der Waals surface area (Å²) in [4.78, 5) is 159. The zero-order valence-electron chi connectivity index (χ0n) is 51.7. The fourth-order valence-corrected chi connectivity index (χ4v) is 8.92. The summed E-state index contributed by atoms with van der Waals surface area (Å²) in [6.07, 6.45) is 2.77. The van der Waals surface area contributed by atoms with Gasteiger partial charge in [0, 0.05) is 55.3 Å². The van der Waals surface area contributed by atoms with Crippen LogP contribution in [0.3, 0.4) is 0 Å². The second-order valence-corrected chi connectivity index (χ2v) is 23.0. The Hall–Kier alpha value is -6.13. The molecule has 0 aromatic heterocycles. The maximum Gasteiger partial charge on any atom is 0.246 e. The van der Waals surface area contributed by atoms with Gasteiger partial charge in [-0.3, -0.25) is 52.7 Å². The number of aliphatic hydroxyl groups is 1. The molecule has 23 nitrogen and oxygen atoms in total. The maximum atomic E-state index is 15.0. The molecule has 0 saturated heterocycles. The lowest BCUT2D eigenvalue weighted by Gasteiger charge is -2.41. The summed E-state index contributed by atoms with van der Waals surface area (Å²) < 4.78 is 0. The third-order valence-corrected chi connectivity index (χ3v) is 14.7. The van der Waals surface area contributed by atoms with Gasteiger partial charge in [-0.25, -0.2) is 0 Å². The zero-order chi connectivity index (χ0) is 61.8. The lowest BCUT2D eigenvalue weighted by atomic mass is 9.91. The van der Waals surface area contributed by atoms with Gasteiger partial charge in [0.25, 0.3) is 0 Å². The second kappa shape index (κ2) is 33.5. The summed E-state index contributed by atoms with van der Waals surface area (Å²) in [7, 11) is 9.87. The minimum Gasteiger partial charge on any atom is -0.390 e. The molecular weight excluding hydrogens is 1020 g/mol. The standard InChI is InChI=1S/C56H101N11O12/c1-23-25-26-35(11)47(70)46(50(73)60-40(24-2)53(76)62(17)30-44(69)61(16)29-43(57)68)67(22)56(79)45(34(9)10)66(21)55(78)42(28-32(5)6)65(20)54(77)41(27-31(3)4)64(19)52(75)38(14)59-48(71)37(13)58-49(72)39(15)63(18)51(74)36(12)33(7)8/h23,25,31-42,45-47,70H,24,26-30H2,1-22H3,(H2,57,68)(H,58,72)(H,59,71)(H,60,73)/b25-23+/t35-,36+,37+,38-,39-,40+,41+,42+,45+,46?,47-/m0/s1. The Morgan fingerprint density at radius 2 is 0.975 bits per heavy atom. The van der Waals surface area contributed by atoms with E-state index in [0.29, 0.717) is 6.42 Å². The molecular formula is C56H101N11O12. The number of nitrogens with one attached hydrogen (secondary N) is 3. The van der Waals surface area contributed by atoms with Crippen molar-refractivity contribution in [2.45, 2.75) is 184 Å². The molecule has 11 atom stereocenters. The van der Waals surface area contributed by atoms with Crippen molar-refractivity contribution >= 4 is 65.0 Å². The van der Waals surface area contributed by atoms with Crippen molar-refractivity contribution in [3.63, 3.8) is 0 Å². The third-order valence-electron chi connectivity index (χ3n) is 14.7. The molecule has 0 aliphatic carbocycles. The number of primary amides is 1. The van der Waals surface area contributed by atoms with E-state index in [4.69, 9.17) is 5.73 Å². The van der Waals surface area contributed by atoms with Gasteiger partial charge >= 0.3 is 0 Å². The largest absolute Gasteiger partial charge is 0.390 e. The number of rotatable bonds is 32. The molecule has 0 spiro atoms. The number of allylic oxidation sites excluding steroid dienone is 2. The van der Waals surface area contributed by atoms with Gasteiger partial charge < -0.3 is 61.1 Å². The molecule has 0 aromatic carbocycles. The average Bonchev–Trinajstić information content (AvgIpc) is 3.37. The van der Waals surface area contributed by atoms with Gasteiger partial charge in [0.1, 0.15) is 48.3 Å². The molecule has 0 bridgehead atoms. The highest BCUT2D eigenvalue weighted by Crippen LogP contribution is 2.25. The highest BCUT2D eigenvalue weighted by Gasteiger charge is 2.45. The van der Waals surface area contributed by atoms with Crippen LogP contribution in [-0.2, 0) is 52.7 Å². The molecule has 0 saturated carbocycles. The molecule has 452 valence electrons. The van der Waals surface area contributed by atoms with E-state index >= 15 is 0 Å². The molecule has 23 heteroatoms. The maximum absolute atomic E-state index is 15.0. The quantitative estimate of drug-likeness (QED) is 0.0599. The van der Waals surface area contributed by atoms with E-state index in [2.05, 4.69) is 16.0 Å². The number of hydrogen-bond acceptors (Lipinski definition) is 12. The van der Waals surface area contributed by atoms with Gasteiger partial charge in [-0.15, -0.1) is 0 Å². The molecule has 1 unspecified atom stereocenters. The van der Waals surface area contributed by atoms with Crippen molar-refractivity contribution < 1.29 is 57.8 Å². The first-order valence-electron chi connectivity index (χ1n) is 27.6. The van der Waals surface area contributed by atoms with Crippen LogP contribution in [0.5, 0.6) is 0 Å². The van der Waals surface area contributed by atoms with Gasteiger partial charge in [-0.05, 0) is 83.0 Å². The van der Waals surface area contributed by atoms with E-state index in [-0.39, 0.29) is 55.4 Å². The van der Waals surface area contributed by atoms with Crippen LogP contribution >= 0.6 is 0 Å². The molecule has 0 aliphatic heterocycles. The Labute approximate surface area is 471 Å². The summed E-state index contributed by atoms with van der Waals surface area (Å²) in [5, 5.41) is 19.8. The fraction of sp³-hybridized carbons (Fsp3) is 0.768. The number of hydrogen-bond donors (Lipinski definition) is 5. The third kappa shape index (κ3) is 21.5. The lowest BCUT2D eigenvalue weighted by Crippen LogP contribution is -2.63. The van der Waals surface area contributed by atoms with Gasteiger partial charge in [0.05, 0.1) is 19.2 Å². The summed E-state index contributed by atoms with van der Waals surface area (Å²) >= 11 is 0. The smallest absolute Gasteiger partial charge is 0.246 e. The van der Waals surface area contributed by atoms with E-state index < -0.39 is 132 Å². The van der Waals surface area contributed by atoms with Crippen molar-refractivity contribution in [2.24, 2.45) is 41.2 Å². The highest BCUT2D eigenvalue weighted by atomic mass is 16.3. The topological polar surface area (TPSA) is 293 Å². The van der Waals surface area contributed by atoms with Crippen LogP contribution in [0, 0.1) is 35.5 Å². The number of nitrogens with zero attached hydrogens (tertiary/aromatic N) is 7. The van der Waals surface area contributed by atoms with Crippen LogP contribution in [0.4, 0.5) is 0 Å². The van der Waals surface area contributed by atoms with E-state index in [1.54, 1.807) is 60.6 Å². The first-order chi connectivity index (χ1) is 36.3. The first-order valence-corrected chi connectivity index (χ1v) is 27.6. The van der Waals surface area contributed by atoms with Gasteiger partial charge in [0.2, 0.25) is 65.0 Å². The molecule has 0 heterocycles. The fourth-order valence-electron chi connectivity index (χ4n) is 8.92. The zero-order valence-corrected chi connectivity index (χ0v) is 51.7. The molecule has 0 aliphatic rings. The van der Waals surface area contributed by atoms with Crippen LogP contribution in [-0.4, -0.2) is 221 Å². The minimum absolute atomic E-state index is 0.0462. The Bertz CT molecular complexity index is 2140. The number of amides is 11. The van der Waals surface area contributed by atoms with Crippen LogP contribution in [0.15, 0.2) is 12.2 Å². The Balaban J connectivity index is 6.94. The molecule has 6 N–H and O–H groups in total. The van der Waals surface area contributed by atoms with Gasteiger partial charge in [-0.2, -0.15) is 0 Å². The predicted octanol–water partition coefficient (Wildman–Crippen LogP) is 1.45. The highest BCUT2D eigenvalue weighted by molar-refractivity contribution is 5.98. The number of carbonyl (C=O) groups excluding carboxylic acids is 11. The second-order valence-electron chi connectivity index (χ2n) is 23.0. The normalized spacial score (nSPS) is 15.8. The van der Waals surface area contributed by atoms with Gasteiger partial charge in [-0.1, -0.05) is 88.3 Å². The molecule has 79 heavy (non-hydrogen) atoms. The monoisotopic (exact) mass is 1120 g/mol. The van der Waals surface area contributed by atoms with Crippen LogP contribution < -0.4 is 21.7 Å². The Kier molecular flexibility index (Phi) is 30.9. The minimum atomic E-state index is -1.59. The van der Waals surface area contributed by atoms with Crippen molar-refractivity contribution in [1.29, 1.82) is 0 Å². The number of likely N-dealkylation sites (N-methyl/N-ethyl adjacent to an activating group) is 7. The van der Waals surface area contributed by atoms with Crippen molar-refractivity contribution in [3.8, 4) is 0 Å². The molecule has 11 amide bonds. The molecule has 0 aromatic rings. The summed E-state index contributed by atoms with van der Waals surface area (Å²) in [5.41, 5.74) is 5.23. The Morgan fingerprint density at radius 3 is 1.42 bits per heavy atom. The van der Waals surface area contributed by atoms with Crippen LogP contribution in [0.1, 0.15) is 130 Å². The van der Waals surface area contributed by atoms with E-state index in [9.17, 15) is 57.8 Å².